The van der Waals surface area contributed by atoms with Gasteiger partial charge in [0.15, 0.2) is 0 Å². The number of rotatable bonds is 57. The summed E-state index contributed by atoms with van der Waals surface area (Å²) < 4.78 is 5.48. The normalized spacial score (nSPS) is 12.7. The zero-order valence-electron chi connectivity index (χ0n) is 45.9. The minimum atomic E-state index is -0.672. The third kappa shape index (κ3) is 53.7. The van der Waals surface area contributed by atoms with Gasteiger partial charge in [0.2, 0.25) is 5.91 Å². The molecule has 2 atom stereocenters. The molecular formula is C62H119NO5. The number of ether oxygens (including phenoxy) is 1. The SMILES string of the molecule is CCCCCCCC/C=C\CCCCCCCCCC(=O)OCCCCCCCC/C=C\CCCCCCCCCC(=O)NC(CO)C(O)CCCCCCCCCCCCCCCCCCC. The molecule has 6 heteroatoms. The molecule has 0 aromatic rings. The van der Waals surface area contributed by atoms with Gasteiger partial charge in [-0.3, -0.25) is 9.59 Å². The van der Waals surface area contributed by atoms with Crippen LogP contribution in [0.25, 0.3) is 0 Å². The lowest BCUT2D eigenvalue weighted by Crippen LogP contribution is -2.45. The van der Waals surface area contributed by atoms with Crippen LogP contribution in [-0.2, 0) is 14.3 Å². The lowest BCUT2D eigenvalue weighted by Gasteiger charge is -2.22. The Balaban J connectivity index is 3.44. The van der Waals surface area contributed by atoms with Gasteiger partial charge in [-0.2, -0.15) is 0 Å². The number of esters is 1. The first-order valence-electron chi connectivity index (χ1n) is 30.6. The second-order valence-corrected chi connectivity index (χ2v) is 21.0. The largest absolute Gasteiger partial charge is 0.466 e. The molecule has 0 fully saturated rings. The molecule has 0 bridgehead atoms. The van der Waals surface area contributed by atoms with Gasteiger partial charge < -0.3 is 20.3 Å². The second kappa shape index (κ2) is 57.9. The summed E-state index contributed by atoms with van der Waals surface area (Å²) in [5.41, 5.74) is 0. The highest BCUT2D eigenvalue weighted by molar-refractivity contribution is 5.76. The first kappa shape index (κ1) is 66.3. The van der Waals surface area contributed by atoms with Crippen molar-refractivity contribution < 1.29 is 24.5 Å². The fourth-order valence-corrected chi connectivity index (χ4v) is 9.51. The van der Waals surface area contributed by atoms with Gasteiger partial charge in [0.1, 0.15) is 0 Å². The molecular weight excluding hydrogens is 839 g/mol. The van der Waals surface area contributed by atoms with Crippen LogP contribution in [0, 0.1) is 0 Å². The summed E-state index contributed by atoms with van der Waals surface area (Å²) in [5.74, 6) is -0.0495. The molecule has 2 unspecified atom stereocenters. The van der Waals surface area contributed by atoms with Gasteiger partial charge in [-0.05, 0) is 77.0 Å². The van der Waals surface area contributed by atoms with Gasteiger partial charge in [-0.1, -0.05) is 269 Å². The van der Waals surface area contributed by atoms with Crippen LogP contribution in [0.15, 0.2) is 24.3 Å². The Bertz CT molecular complexity index is 1060. The van der Waals surface area contributed by atoms with Crippen molar-refractivity contribution in [2.45, 2.75) is 347 Å². The van der Waals surface area contributed by atoms with E-state index in [9.17, 15) is 19.8 Å². The Hall–Kier alpha value is -1.66. The molecule has 1 amide bonds. The molecule has 402 valence electrons. The summed E-state index contributed by atoms with van der Waals surface area (Å²) in [6, 6.07) is -0.551. The van der Waals surface area contributed by atoms with E-state index < -0.39 is 12.1 Å². The number of amides is 1. The van der Waals surface area contributed by atoms with Gasteiger partial charge in [0.05, 0.1) is 25.4 Å². The van der Waals surface area contributed by atoms with Crippen LogP contribution in [0.1, 0.15) is 335 Å². The van der Waals surface area contributed by atoms with E-state index in [1.165, 1.54) is 244 Å². The van der Waals surface area contributed by atoms with E-state index >= 15 is 0 Å². The average molecular weight is 959 g/mol. The number of unbranched alkanes of at least 4 members (excludes halogenated alkanes) is 42. The number of nitrogens with one attached hydrogen (secondary N) is 1. The summed E-state index contributed by atoms with van der Waals surface area (Å²) in [7, 11) is 0. The molecule has 0 saturated heterocycles. The van der Waals surface area contributed by atoms with E-state index in [1.807, 2.05) is 0 Å². The van der Waals surface area contributed by atoms with Crippen LogP contribution in [0.5, 0.6) is 0 Å². The summed E-state index contributed by atoms with van der Waals surface area (Å²) in [4.78, 5) is 24.6. The minimum Gasteiger partial charge on any atom is -0.466 e. The molecule has 0 heterocycles. The average Bonchev–Trinajstić information content (AvgIpc) is 3.34. The number of carbonyl (C=O) groups is 2. The van der Waals surface area contributed by atoms with Crippen molar-refractivity contribution in [1.82, 2.24) is 5.32 Å². The van der Waals surface area contributed by atoms with Crippen LogP contribution in [0.4, 0.5) is 0 Å². The Morgan fingerprint density at radius 3 is 1.04 bits per heavy atom. The number of aliphatic hydroxyl groups excluding tert-OH is 2. The third-order valence-electron chi connectivity index (χ3n) is 14.2. The van der Waals surface area contributed by atoms with Crippen molar-refractivity contribution in [3.63, 3.8) is 0 Å². The highest BCUT2D eigenvalue weighted by Crippen LogP contribution is 2.17. The van der Waals surface area contributed by atoms with E-state index in [1.54, 1.807) is 0 Å². The van der Waals surface area contributed by atoms with Crippen molar-refractivity contribution in [2.75, 3.05) is 13.2 Å². The Labute approximate surface area is 424 Å². The molecule has 3 N–H and O–H groups in total. The number of hydrogen-bond acceptors (Lipinski definition) is 5. The fraction of sp³-hybridized carbons (Fsp3) is 0.903. The minimum absolute atomic E-state index is 0.00459. The predicted octanol–water partition coefficient (Wildman–Crippen LogP) is 19.0. The number of allylic oxidation sites excluding steroid dienone is 4. The first-order chi connectivity index (χ1) is 33.5. The maximum Gasteiger partial charge on any atom is 0.305 e. The summed E-state index contributed by atoms with van der Waals surface area (Å²) in [5, 5.41) is 23.3. The summed E-state index contributed by atoms with van der Waals surface area (Å²) in [6.45, 7) is 4.95. The van der Waals surface area contributed by atoms with Crippen LogP contribution < -0.4 is 5.32 Å². The molecule has 0 radical (unpaired) electrons. The van der Waals surface area contributed by atoms with Crippen molar-refractivity contribution in [3.05, 3.63) is 24.3 Å². The molecule has 0 saturated carbocycles. The van der Waals surface area contributed by atoms with Crippen LogP contribution in [0.2, 0.25) is 0 Å². The molecule has 0 aliphatic heterocycles. The maximum atomic E-state index is 12.5. The van der Waals surface area contributed by atoms with Gasteiger partial charge in [0, 0.05) is 12.8 Å². The lowest BCUT2D eigenvalue weighted by molar-refractivity contribution is -0.143. The molecule has 6 nitrogen and oxygen atoms in total. The molecule has 0 aromatic carbocycles. The van der Waals surface area contributed by atoms with Gasteiger partial charge in [-0.25, -0.2) is 0 Å². The van der Waals surface area contributed by atoms with E-state index in [4.69, 9.17) is 4.74 Å². The Kier molecular flexibility index (Phi) is 56.5. The lowest BCUT2D eigenvalue weighted by atomic mass is 10.0. The zero-order valence-corrected chi connectivity index (χ0v) is 45.9. The van der Waals surface area contributed by atoms with E-state index in [-0.39, 0.29) is 18.5 Å². The maximum absolute atomic E-state index is 12.5. The van der Waals surface area contributed by atoms with E-state index in [2.05, 4.69) is 43.5 Å². The van der Waals surface area contributed by atoms with Crippen LogP contribution >= 0.6 is 0 Å². The standard InChI is InChI=1S/C62H119NO5/c1-3-5-7-9-11-13-15-17-19-22-26-30-34-38-42-46-50-54-60(65)59(58-64)63-61(66)55-51-47-43-39-35-31-27-24-21-25-29-33-37-41-45-49-53-57-68-62(67)56-52-48-44-40-36-32-28-23-20-18-16-14-12-10-8-6-4-2/h18,20-21,25,59-60,64-65H,3-17,19,22-24,26-58H2,1-2H3,(H,63,66)/b20-18-,25-21-. The third-order valence-corrected chi connectivity index (χ3v) is 14.2. The summed E-state index contributed by atoms with van der Waals surface area (Å²) in [6.07, 6.45) is 70.3. The number of aliphatic hydroxyl groups is 2. The Morgan fingerprint density at radius 2 is 0.691 bits per heavy atom. The van der Waals surface area contributed by atoms with Gasteiger partial charge in [0.25, 0.3) is 0 Å². The molecule has 68 heavy (non-hydrogen) atoms. The highest BCUT2D eigenvalue weighted by Gasteiger charge is 2.20. The van der Waals surface area contributed by atoms with E-state index in [0.717, 1.165) is 57.8 Å². The van der Waals surface area contributed by atoms with Crippen molar-refractivity contribution >= 4 is 11.9 Å². The molecule has 0 aliphatic carbocycles. The van der Waals surface area contributed by atoms with Gasteiger partial charge >= 0.3 is 5.97 Å². The molecule has 0 rings (SSSR count). The number of hydrogen-bond donors (Lipinski definition) is 3. The predicted molar refractivity (Wildman–Crippen MR) is 296 cm³/mol. The monoisotopic (exact) mass is 958 g/mol. The quantitative estimate of drug-likeness (QED) is 0.0321. The van der Waals surface area contributed by atoms with Crippen LogP contribution in [0.3, 0.4) is 0 Å². The molecule has 0 aliphatic rings. The summed E-state index contributed by atoms with van der Waals surface area (Å²) >= 11 is 0. The van der Waals surface area contributed by atoms with Crippen molar-refractivity contribution in [1.29, 1.82) is 0 Å². The van der Waals surface area contributed by atoms with Gasteiger partial charge in [-0.15, -0.1) is 0 Å². The highest BCUT2D eigenvalue weighted by atomic mass is 16.5. The molecule has 0 aromatic heterocycles. The van der Waals surface area contributed by atoms with Crippen molar-refractivity contribution in [2.24, 2.45) is 0 Å². The van der Waals surface area contributed by atoms with E-state index in [0.29, 0.717) is 25.9 Å². The first-order valence-corrected chi connectivity index (χ1v) is 30.6. The van der Waals surface area contributed by atoms with Crippen LogP contribution in [-0.4, -0.2) is 47.4 Å². The zero-order chi connectivity index (χ0) is 49.3. The topological polar surface area (TPSA) is 95.9 Å². The molecule has 0 spiro atoms. The fourth-order valence-electron chi connectivity index (χ4n) is 9.51. The smallest absolute Gasteiger partial charge is 0.305 e. The number of carbonyl (C=O) groups excluding carboxylic acids is 2. The van der Waals surface area contributed by atoms with Crippen molar-refractivity contribution in [3.8, 4) is 0 Å². The Morgan fingerprint density at radius 1 is 0.397 bits per heavy atom. The second-order valence-electron chi connectivity index (χ2n) is 21.0.